The number of rotatable bonds is 4. The number of halogens is 2. The van der Waals surface area contributed by atoms with Gasteiger partial charge in [-0.05, 0) is 26.0 Å². The number of para-hydroxylation sites is 1. The second-order valence-corrected chi connectivity index (χ2v) is 5.15. The van der Waals surface area contributed by atoms with E-state index in [9.17, 15) is 4.79 Å². The quantitative estimate of drug-likeness (QED) is 0.640. The molecule has 0 aliphatic heterocycles. The van der Waals surface area contributed by atoms with Crippen molar-refractivity contribution in [3.63, 3.8) is 0 Å². The molecule has 0 saturated heterocycles. The molecule has 0 radical (unpaired) electrons. The smallest absolute Gasteiger partial charge is 0.326 e. The summed E-state index contributed by atoms with van der Waals surface area (Å²) in [6.45, 7) is 4.00. The van der Waals surface area contributed by atoms with Crippen LogP contribution in [0.5, 0.6) is 0 Å². The largest absolute Gasteiger partial charge is 0.465 e. The summed E-state index contributed by atoms with van der Waals surface area (Å²) < 4.78 is 6.71. The predicted molar refractivity (Wildman–Crippen MR) is 75.6 cm³/mol. The molecule has 102 valence electrons. The van der Waals surface area contributed by atoms with E-state index in [0.717, 1.165) is 5.52 Å². The van der Waals surface area contributed by atoms with Crippen LogP contribution in [-0.4, -0.2) is 22.1 Å². The first-order valence-electron chi connectivity index (χ1n) is 5.99. The number of carbonyl (C=O) groups is 1. The minimum atomic E-state index is -0.321. The summed E-state index contributed by atoms with van der Waals surface area (Å²) in [6.07, 6.45) is 0. The molecule has 0 fully saturated rings. The fourth-order valence-electron chi connectivity index (χ4n) is 1.94. The summed E-state index contributed by atoms with van der Waals surface area (Å²) >= 11 is 12.2. The average molecular weight is 301 g/mol. The van der Waals surface area contributed by atoms with Gasteiger partial charge in [0, 0.05) is 0 Å². The maximum atomic E-state index is 11.7. The lowest BCUT2D eigenvalue weighted by Crippen LogP contribution is -2.15. The van der Waals surface area contributed by atoms with Gasteiger partial charge in [0.15, 0.2) is 0 Å². The molecular formula is C13H14Cl2N2O2. The molecule has 0 aliphatic rings. The van der Waals surface area contributed by atoms with Gasteiger partial charge in [0.2, 0.25) is 0 Å². The second kappa shape index (κ2) is 5.80. The van der Waals surface area contributed by atoms with Crippen LogP contribution >= 0.6 is 23.2 Å². The lowest BCUT2D eigenvalue weighted by molar-refractivity contribution is -0.143. The highest BCUT2D eigenvalue weighted by Gasteiger charge is 2.18. The number of ether oxygens (including phenoxy) is 1. The van der Waals surface area contributed by atoms with E-state index in [0.29, 0.717) is 23.0 Å². The van der Waals surface area contributed by atoms with Crippen molar-refractivity contribution in [1.29, 1.82) is 0 Å². The number of aromatic nitrogens is 2. The highest BCUT2D eigenvalue weighted by Crippen LogP contribution is 2.28. The number of esters is 1. The minimum absolute atomic E-state index is 0.0804. The molecular weight excluding hydrogens is 287 g/mol. The zero-order chi connectivity index (χ0) is 14.0. The first kappa shape index (κ1) is 14.2. The van der Waals surface area contributed by atoms with E-state index in [2.05, 4.69) is 4.98 Å². The zero-order valence-electron chi connectivity index (χ0n) is 10.7. The van der Waals surface area contributed by atoms with Crippen LogP contribution in [0.4, 0.5) is 0 Å². The Labute approximate surface area is 121 Å². The van der Waals surface area contributed by atoms with Crippen LogP contribution in [0.2, 0.25) is 5.02 Å². The molecule has 4 nitrogen and oxygen atoms in total. The molecule has 0 saturated carbocycles. The Morgan fingerprint density at radius 3 is 2.89 bits per heavy atom. The molecule has 1 aromatic carbocycles. The maximum Gasteiger partial charge on any atom is 0.326 e. The number of nitrogens with zero attached hydrogens (tertiary/aromatic N) is 2. The Morgan fingerprint density at radius 2 is 2.26 bits per heavy atom. The molecule has 0 bridgehead atoms. The molecule has 0 spiro atoms. The lowest BCUT2D eigenvalue weighted by atomic mass is 10.3. The summed E-state index contributed by atoms with van der Waals surface area (Å²) in [4.78, 5) is 16.1. The third kappa shape index (κ3) is 2.85. The highest BCUT2D eigenvalue weighted by atomic mass is 35.5. The summed E-state index contributed by atoms with van der Waals surface area (Å²) in [6, 6.07) is 5.43. The molecule has 2 aromatic rings. The molecule has 1 atom stereocenters. The van der Waals surface area contributed by atoms with Crippen molar-refractivity contribution >= 4 is 40.2 Å². The summed E-state index contributed by atoms with van der Waals surface area (Å²) in [5.41, 5.74) is 1.43. The first-order chi connectivity index (χ1) is 9.04. The molecule has 1 heterocycles. The Bertz CT molecular complexity index is 608. The molecule has 0 amide bonds. The third-order valence-electron chi connectivity index (χ3n) is 2.71. The van der Waals surface area contributed by atoms with Gasteiger partial charge < -0.3 is 9.30 Å². The van der Waals surface area contributed by atoms with Crippen LogP contribution in [-0.2, 0) is 16.1 Å². The molecule has 2 rings (SSSR count). The molecule has 0 N–H and O–H groups in total. The second-order valence-electron chi connectivity index (χ2n) is 4.08. The fraction of sp³-hybridized carbons (Fsp3) is 0.385. The molecule has 1 aromatic heterocycles. The molecule has 6 heteroatoms. The van der Waals surface area contributed by atoms with Gasteiger partial charge in [-0.3, -0.25) is 4.79 Å². The van der Waals surface area contributed by atoms with Gasteiger partial charge in [-0.1, -0.05) is 17.7 Å². The van der Waals surface area contributed by atoms with Crippen molar-refractivity contribution in [2.24, 2.45) is 0 Å². The van der Waals surface area contributed by atoms with E-state index >= 15 is 0 Å². The van der Waals surface area contributed by atoms with Crippen molar-refractivity contribution in [1.82, 2.24) is 9.55 Å². The predicted octanol–water partition coefficient (Wildman–Crippen LogP) is 3.55. The molecule has 1 unspecified atom stereocenters. The van der Waals surface area contributed by atoms with Gasteiger partial charge in [0.1, 0.15) is 17.9 Å². The van der Waals surface area contributed by atoms with E-state index in [1.807, 2.05) is 12.1 Å². The van der Waals surface area contributed by atoms with Crippen LogP contribution in [0.15, 0.2) is 18.2 Å². The standard InChI is InChI=1S/C13H14Cl2N2O2/c1-3-19-11(18)7-17-10-6-4-5-9(15)12(10)16-13(17)8(2)14/h4-6,8H,3,7H2,1-2H3. The first-order valence-corrected chi connectivity index (χ1v) is 6.80. The van der Waals surface area contributed by atoms with E-state index in [1.165, 1.54) is 0 Å². The van der Waals surface area contributed by atoms with Crippen LogP contribution in [0.25, 0.3) is 11.0 Å². The topological polar surface area (TPSA) is 44.1 Å². The Kier molecular flexibility index (Phi) is 4.32. The van der Waals surface area contributed by atoms with E-state index in [4.69, 9.17) is 27.9 Å². The van der Waals surface area contributed by atoms with Crippen molar-refractivity contribution in [2.45, 2.75) is 25.8 Å². The number of fused-ring (bicyclic) bond motifs is 1. The molecule has 0 aliphatic carbocycles. The Balaban J connectivity index is 2.52. The number of benzene rings is 1. The van der Waals surface area contributed by atoms with Crippen LogP contribution in [0.1, 0.15) is 25.0 Å². The van der Waals surface area contributed by atoms with E-state index in [1.54, 1.807) is 24.5 Å². The number of carbonyl (C=O) groups excluding carboxylic acids is 1. The summed E-state index contributed by atoms with van der Waals surface area (Å²) in [7, 11) is 0. The maximum absolute atomic E-state index is 11.7. The number of imidazole rings is 1. The SMILES string of the molecule is CCOC(=O)Cn1c(C(C)Cl)nc2c(Cl)cccc21. The van der Waals surface area contributed by atoms with Gasteiger partial charge in [-0.25, -0.2) is 4.98 Å². The lowest BCUT2D eigenvalue weighted by Gasteiger charge is -2.09. The average Bonchev–Trinajstić information content (AvgIpc) is 2.70. The molecule has 19 heavy (non-hydrogen) atoms. The van der Waals surface area contributed by atoms with Crippen molar-refractivity contribution in [3.05, 3.63) is 29.0 Å². The fourth-order valence-corrected chi connectivity index (χ4v) is 2.31. The van der Waals surface area contributed by atoms with Crippen LogP contribution in [0, 0.1) is 0 Å². The van der Waals surface area contributed by atoms with Crippen molar-refractivity contribution in [3.8, 4) is 0 Å². The number of hydrogen-bond donors (Lipinski definition) is 0. The van der Waals surface area contributed by atoms with Crippen LogP contribution < -0.4 is 0 Å². The van der Waals surface area contributed by atoms with Crippen molar-refractivity contribution < 1.29 is 9.53 Å². The monoisotopic (exact) mass is 300 g/mol. The van der Waals surface area contributed by atoms with Gasteiger partial charge in [0.05, 0.1) is 22.5 Å². The zero-order valence-corrected chi connectivity index (χ0v) is 12.2. The Morgan fingerprint density at radius 1 is 1.53 bits per heavy atom. The van der Waals surface area contributed by atoms with Gasteiger partial charge in [-0.15, -0.1) is 11.6 Å². The van der Waals surface area contributed by atoms with Gasteiger partial charge in [-0.2, -0.15) is 0 Å². The third-order valence-corrected chi connectivity index (χ3v) is 3.21. The highest BCUT2D eigenvalue weighted by molar-refractivity contribution is 6.35. The summed E-state index contributed by atoms with van der Waals surface area (Å²) in [5, 5.41) is 0.219. The minimum Gasteiger partial charge on any atom is -0.465 e. The van der Waals surface area contributed by atoms with E-state index < -0.39 is 0 Å². The van der Waals surface area contributed by atoms with E-state index in [-0.39, 0.29) is 17.9 Å². The van der Waals surface area contributed by atoms with Crippen molar-refractivity contribution in [2.75, 3.05) is 6.61 Å². The normalized spacial score (nSPS) is 12.6. The van der Waals surface area contributed by atoms with Gasteiger partial charge >= 0.3 is 5.97 Å². The Hall–Kier alpha value is -1.26. The van der Waals surface area contributed by atoms with Gasteiger partial charge in [0.25, 0.3) is 0 Å². The van der Waals surface area contributed by atoms with Crippen LogP contribution in [0.3, 0.4) is 0 Å². The number of alkyl halides is 1. The number of hydrogen-bond acceptors (Lipinski definition) is 3. The summed E-state index contributed by atoms with van der Waals surface area (Å²) in [5.74, 6) is 0.290.